The van der Waals surface area contributed by atoms with Crippen LogP contribution in [0.2, 0.25) is 0 Å². The number of hydrogen-bond donors (Lipinski definition) is 1. The van der Waals surface area contributed by atoms with Crippen LogP contribution < -0.4 is 9.46 Å². The number of non-ortho nitro benzene ring substituents is 1. The molecule has 10 heteroatoms. The molecular formula is C20H22N2O7S. The molecule has 0 atom stereocenters. The Morgan fingerprint density at radius 3 is 2.43 bits per heavy atom. The van der Waals surface area contributed by atoms with E-state index in [9.17, 15) is 23.3 Å². The van der Waals surface area contributed by atoms with Crippen molar-refractivity contribution in [1.29, 1.82) is 0 Å². The SMILES string of the molecule is COc1ccc(/C=C/C(=O)OCc2ccc([N+](=O)[O-])cc2)cc1S(=O)(=O)NC(C)C. The van der Waals surface area contributed by atoms with Crippen molar-refractivity contribution in [3.8, 4) is 5.75 Å². The number of methoxy groups -OCH3 is 1. The lowest BCUT2D eigenvalue weighted by molar-refractivity contribution is -0.384. The van der Waals surface area contributed by atoms with Gasteiger partial charge in [0.2, 0.25) is 10.0 Å². The third-order valence-corrected chi connectivity index (χ3v) is 5.49. The molecule has 0 aliphatic carbocycles. The Labute approximate surface area is 174 Å². The van der Waals surface area contributed by atoms with Crippen molar-refractivity contribution >= 4 is 27.8 Å². The zero-order valence-corrected chi connectivity index (χ0v) is 17.5. The van der Waals surface area contributed by atoms with E-state index in [1.54, 1.807) is 19.9 Å². The molecule has 0 saturated carbocycles. The number of ether oxygens (including phenoxy) is 2. The Morgan fingerprint density at radius 1 is 1.20 bits per heavy atom. The Morgan fingerprint density at radius 2 is 1.87 bits per heavy atom. The maximum atomic E-state index is 12.5. The van der Waals surface area contributed by atoms with Gasteiger partial charge < -0.3 is 9.47 Å². The fourth-order valence-electron chi connectivity index (χ4n) is 2.46. The summed E-state index contributed by atoms with van der Waals surface area (Å²) in [5.74, 6) is -0.463. The summed E-state index contributed by atoms with van der Waals surface area (Å²) >= 11 is 0. The molecule has 2 rings (SSSR count). The van der Waals surface area contributed by atoms with Crippen molar-refractivity contribution in [3.05, 3.63) is 69.8 Å². The van der Waals surface area contributed by atoms with Crippen molar-refractivity contribution < 1.29 is 27.6 Å². The minimum Gasteiger partial charge on any atom is -0.495 e. The van der Waals surface area contributed by atoms with Gasteiger partial charge in [0, 0.05) is 24.3 Å². The lowest BCUT2D eigenvalue weighted by Crippen LogP contribution is -2.30. The zero-order chi connectivity index (χ0) is 22.3. The molecule has 2 aromatic rings. The van der Waals surface area contributed by atoms with E-state index in [1.807, 2.05) is 0 Å². The molecule has 9 nitrogen and oxygen atoms in total. The van der Waals surface area contributed by atoms with Gasteiger partial charge in [-0.1, -0.05) is 6.07 Å². The van der Waals surface area contributed by atoms with Gasteiger partial charge in [0.1, 0.15) is 17.3 Å². The van der Waals surface area contributed by atoms with E-state index < -0.39 is 20.9 Å². The smallest absolute Gasteiger partial charge is 0.331 e. The van der Waals surface area contributed by atoms with Crippen molar-refractivity contribution in [2.45, 2.75) is 31.4 Å². The van der Waals surface area contributed by atoms with Crippen LogP contribution in [0, 0.1) is 10.1 Å². The van der Waals surface area contributed by atoms with Crippen LogP contribution in [0.4, 0.5) is 5.69 Å². The Kier molecular flexibility index (Phi) is 7.67. The number of hydrogen-bond acceptors (Lipinski definition) is 7. The average Bonchev–Trinajstić information content (AvgIpc) is 2.69. The summed E-state index contributed by atoms with van der Waals surface area (Å²) < 4.78 is 37.7. The van der Waals surface area contributed by atoms with Gasteiger partial charge in [0.15, 0.2) is 0 Å². The number of rotatable bonds is 9. The summed E-state index contributed by atoms with van der Waals surface area (Å²) in [5.41, 5.74) is 1.01. The molecule has 30 heavy (non-hydrogen) atoms. The van der Waals surface area contributed by atoms with Gasteiger partial charge in [-0.25, -0.2) is 17.9 Å². The van der Waals surface area contributed by atoms with E-state index in [4.69, 9.17) is 9.47 Å². The van der Waals surface area contributed by atoms with Crippen LogP contribution in [0.1, 0.15) is 25.0 Å². The number of esters is 1. The lowest BCUT2D eigenvalue weighted by Gasteiger charge is -2.13. The molecule has 0 bridgehead atoms. The second-order valence-corrected chi connectivity index (χ2v) is 8.23. The van der Waals surface area contributed by atoms with E-state index in [0.717, 1.165) is 0 Å². The molecule has 0 radical (unpaired) electrons. The lowest BCUT2D eigenvalue weighted by atomic mass is 10.2. The maximum absolute atomic E-state index is 12.5. The van der Waals surface area contributed by atoms with E-state index in [-0.39, 0.29) is 29.0 Å². The molecule has 0 unspecified atom stereocenters. The van der Waals surface area contributed by atoms with Crippen molar-refractivity contribution in [3.63, 3.8) is 0 Å². The largest absolute Gasteiger partial charge is 0.495 e. The molecule has 0 saturated heterocycles. The Hall–Kier alpha value is -3.24. The molecular weight excluding hydrogens is 412 g/mol. The summed E-state index contributed by atoms with van der Waals surface area (Å²) in [7, 11) is -2.42. The van der Waals surface area contributed by atoms with Crippen LogP contribution in [-0.2, 0) is 26.2 Å². The fraction of sp³-hybridized carbons (Fsp3) is 0.250. The molecule has 0 aliphatic heterocycles. The summed E-state index contributed by atoms with van der Waals surface area (Å²) in [5, 5.41) is 10.6. The van der Waals surface area contributed by atoms with E-state index in [1.165, 1.54) is 55.7 Å². The van der Waals surface area contributed by atoms with Gasteiger partial charge >= 0.3 is 5.97 Å². The first kappa shape index (κ1) is 23.0. The quantitative estimate of drug-likeness (QED) is 0.278. The molecule has 0 fully saturated rings. The minimum atomic E-state index is -3.79. The fourth-order valence-corrected chi connectivity index (χ4v) is 3.92. The predicted molar refractivity (Wildman–Crippen MR) is 110 cm³/mol. The van der Waals surface area contributed by atoms with Gasteiger partial charge in [-0.15, -0.1) is 0 Å². The normalized spacial score (nSPS) is 11.6. The molecule has 160 valence electrons. The number of nitro groups is 1. The number of sulfonamides is 1. The second-order valence-electron chi connectivity index (χ2n) is 6.55. The molecule has 0 amide bonds. The molecule has 1 N–H and O–H groups in total. The number of nitrogens with zero attached hydrogens (tertiary/aromatic N) is 1. The highest BCUT2D eigenvalue weighted by atomic mass is 32.2. The summed E-state index contributed by atoms with van der Waals surface area (Å²) in [6, 6.07) is 9.84. The second kappa shape index (κ2) is 9.99. The van der Waals surface area contributed by atoms with E-state index in [0.29, 0.717) is 11.1 Å². The van der Waals surface area contributed by atoms with Crippen LogP contribution in [0.5, 0.6) is 5.75 Å². The maximum Gasteiger partial charge on any atom is 0.331 e. The van der Waals surface area contributed by atoms with Crippen molar-refractivity contribution in [2.24, 2.45) is 0 Å². The van der Waals surface area contributed by atoms with E-state index >= 15 is 0 Å². The van der Waals surface area contributed by atoms with Gasteiger partial charge in [-0.2, -0.15) is 0 Å². The molecule has 0 heterocycles. The van der Waals surface area contributed by atoms with Crippen LogP contribution in [0.25, 0.3) is 6.08 Å². The number of nitrogens with one attached hydrogen (secondary N) is 1. The first-order valence-electron chi connectivity index (χ1n) is 8.91. The summed E-state index contributed by atoms with van der Waals surface area (Å²) in [6.07, 6.45) is 2.59. The van der Waals surface area contributed by atoms with Crippen molar-refractivity contribution in [1.82, 2.24) is 4.72 Å². The highest BCUT2D eigenvalue weighted by molar-refractivity contribution is 7.89. The third-order valence-electron chi connectivity index (χ3n) is 3.81. The average molecular weight is 434 g/mol. The van der Waals surface area contributed by atoms with Crippen LogP contribution in [0.15, 0.2) is 53.4 Å². The van der Waals surface area contributed by atoms with Crippen LogP contribution in [0.3, 0.4) is 0 Å². The number of carbonyl (C=O) groups excluding carboxylic acids is 1. The highest BCUT2D eigenvalue weighted by Gasteiger charge is 2.20. The summed E-state index contributed by atoms with van der Waals surface area (Å²) in [6.45, 7) is 3.35. The first-order chi connectivity index (χ1) is 14.1. The van der Waals surface area contributed by atoms with Crippen LogP contribution in [-0.4, -0.2) is 32.5 Å². The number of nitro benzene ring substituents is 1. The Bertz CT molecular complexity index is 1050. The van der Waals surface area contributed by atoms with Crippen molar-refractivity contribution in [2.75, 3.05) is 7.11 Å². The number of carbonyl (C=O) groups is 1. The van der Waals surface area contributed by atoms with Gasteiger partial charge in [0.25, 0.3) is 5.69 Å². The minimum absolute atomic E-state index is 0.0416. The summed E-state index contributed by atoms with van der Waals surface area (Å²) in [4.78, 5) is 22.0. The molecule has 0 aliphatic rings. The van der Waals surface area contributed by atoms with Crippen LogP contribution >= 0.6 is 0 Å². The predicted octanol–water partition coefficient (Wildman–Crippen LogP) is 3.05. The standard InChI is InChI=1S/C20H22N2O7S/c1-14(2)21-30(26,27)19-12-15(6-10-18(19)28-3)7-11-20(23)29-13-16-4-8-17(9-5-16)22(24)25/h4-12,14,21H,13H2,1-3H3/b11-7+. The molecule has 0 spiro atoms. The molecule has 2 aromatic carbocycles. The number of benzene rings is 2. The van der Waals surface area contributed by atoms with E-state index in [2.05, 4.69) is 4.72 Å². The highest BCUT2D eigenvalue weighted by Crippen LogP contribution is 2.25. The van der Waals surface area contributed by atoms with Gasteiger partial charge in [-0.05, 0) is 55.3 Å². The first-order valence-corrected chi connectivity index (χ1v) is 10.4. The topological polar surface area (TPSA) is 125 Å². The Balaban J connectivity index is 2.08. The monoisotopic (exact) mass is 434 g/mol. The molecule has 0 aromatic heterocycles. The zero-order valence-electron chi connectivity index (χ0n) is 16.7. The third kappa shape index (κ3) is 6.39. The van der Waals surface area contributed by atoms with Gasteiger partial charge in [0.05, 0.1) is 12.0 Å². The van der Waals surface area contributed by atoms with Gasteiger partial charge in [-0.3, -0.25) is 10.1 Å².